The monoisotopic (exact) mass is 244 g/mol. The highest BCUT2D eigenvalue weighted by Crippen LogP contribution is 2.25. The van der Waals surface area contributed by atoms with E-state index < -0.39 is 5.97 Å². The minimum atomic E-state index is -1.08. The van der Waals surface area contributed by atoms with E-state index in [1.54, 1.807) is 24.4 Å². The molecular formula is C13H12N2O3. The number of carboxylic acid groups (broad SMARTS) is 1. The summed E-state index contributed by atoms with van der Waals surface area (Å²) in [5.74, 6) is -1.32. The van der Waals surface area contributed by atoms with E-state index in [1.807, 2.05) is 6.07 Å². The van der Waals surface area contributed by atoms with Crippen molar-refractivity contribution in [3.63, 3.8) is 0 Å². The molecule has 1 aromatic heterocycles. The van der Waals surface area contributed by atoms with Crippen molar-refractivity contribution in [2.75, 3.05) is 5.43 Å². The van der Waals surface area contributed by atoms with Crippen molar-refractivity contribution >= 4 is 28.4 Å². The maximum absolute atomic E-state index is 11.1. The summed E-state index contributed by atoms with van der Waals surface area (Å²) in [6.07, 6.45) is 1.56. The molecule has 5 nitrogen and oxygen atoms in total. The molecule has 0 aliphatic carbocycles. The van der Waals surface area contributed by atoms with Gasteiger partial charge in [0.2, 0.25) is 5.91 Å². The van der Waals surface area contributed by atoms with Gasteiger partial charge in [0, 0.05) is 24.1 Å². The van der Waals surface area contributed by atoms with Gasteiger partial charge in [-0.05, 0) is 6.07 Å². The molecule has 0 saturated carbocycles. The average Bonchev–Trinajstić information content (AvgIpc) is 2.67. The van der Waals surface area contributed by atoms with Crippen LogP contribution >= 0.6 is 0 Å². The van der Waals surface area contributed by atoms with Crippen LogP contribution < -0.4 is 5.43 Å². The van der Waals surface area contributed by atoms with Gasteiger partial charge in [-0.15, -0.1) is 0 Å². The molecule has 0 radical (unpaired) electrons. The maximum Gasteiger partial charge on any atom is 0.335 e. The van der Waals surface area contributed by atoms with Gasteiger partial charge in [0.1, 0.15) is 0 Å². The molecular weight excluding hydrogens is 232 g/mol. The Labute approximate surface area is 103 Å². The first-order chi connectivity index (χ1) is 8.50. The standard InChI is InChI=1S/C13H12N2O3/c1-8(13(17)18)11-7-15(14-9(2)16)12-6-4-3-5-10(11)12/h3-7H,1H2,2H3,(H,14,16)(H,17,18). The van der Waals surface area contributed by atoms with Gasteiger partial charge in [-0.2, -0.15) is 0 Å². The molecule has 2 N–H and O–H groups in total. The summed E-state index contributed by atoms with van der Waals surface area (Å²) < 4.78 is 1.50. The summed E-state index contributed by atoms with van der Waals surface area (Å²) in [4.78, 5) is 22.1. The van der Waals surface area contributed by atoms with Gasteiger partial charge >= 0.3 is 5.97 Å². The molecule has 1 amide bonds. The molecule has 18 heavy (non-hydrogen) atoms. The fraction of sp³-hybridized carbons (Fsp3) is 0.0769. The van der Waals surface area contributed by atoms with Gasteiger partial charge < -0.3 is 5.11 Å². The number of amides is 1. The van der Waals surface area contributed by atoms with Crippen LogP contribution in [0.4, 0.5) is 0 Å². The molecule has 0 unspecified atom stereocenters. The van der Waals surface area contributed by atoms with Crippen LogP contribution in [0, 0.1) is 0 Å². The number of para-hydroxylation sites is 1. The maximum atomic E-state index is 11.1. The number of hydrogen-bond donors (Lipinski definition) is 2. The van der Waals surface area contributed by atoms with Crippen LogP contribution in [0.1, 0.15) is 12.5 Å². The predicted octanol–water partition coefficient (Wildman–Crippen LogP) is 1.83. The number of fused-ring (bicyclic) bond motifs is 1. The molecule has 0 saturated heterocycles. The van der Waals surface area contributed by atoms with Crippen molar-refractivity contribution in [2.24, 2.45) is 0 Å². The zero-order chi connectivity index (χ0) is 13.3. The average molecular weight is 244 g/mol. The Morgan fingerprint density at radius 2 is 2.00 bits per heavy atom. The van der Waals surface area contributed by atoms with Crippen LogP contribution in [0.3, 0.4) is 0 Å². The van der Waals surface area contributed by atoms with Gasteiger partial charge in [0.05, 0.1) is 11.1 Å². The Kier molecular flexibility index (Phi) is 2.89. The zero-order valence-electron chi connectivity index (χ0n) is 9.80. The number of nitrogens with one attached hydrogen (secondary N) is 1. The van der Waals surface area contributed by atoms with Crippen LogP contribution in [-0.2, 0) is 9.59 Å². The second-order valence-electron chi connectivity index (χ2n) is 3.88. The van der Waals surface area contributed by atoms with E-state index in [0.717, 1.165) is 10.9 Å². The number of carboxylic acids is 1. The fourth-order valence-electron chi connectivity index (χ4n) is 1.80. The highest BCUT2D eigenvalue weighted by molar-refractivity contribution is 6.18. The fourth-order valence-corrected chi connectivity index (χ4v) is 1.80. The third-order valence-electron chi connectivity index (χ3n) is 2.57. The predicted molar refractivity (Wildman–Crippen MR) is 68.6 cm³/mol. The summed E-state index contributed by atoms with van der Waals surface area (Å²) >= 11 is 0. The molecule has 0 bridgehead atoms. The Morgan fingerprint density at radius 1 is 1.33 bits per heavy atom. The number of hydrogen-bond acceptors (Lipinski definition) is 2. The highest BCUT2D eigenvalue weighted by atomic mass is 16.4. The Hall–Kier alpha value is -2.56. The number of nitrogens with zero attached hydrogens (tertiary/aromatic N) is 1. The van der Waals surface area contributed by atoms with Crippen molar-refractivity contribution in [1.82, 2.24) is 4.68 Å². The number of aliphatic carboxylic acids is 1. The van der Waals surface area contributed by atoms with Crippen molar-refractivity contribution < 1.29 is 14.7 Å². The lowest BCUT2D eigenvalue weighted by Gasteiger charge is -2.03. The first kappa shape index (κ1) is 11.9. The molecule has 0 aliphatic heterocycles. The van der Waals surface area contributed by atoms with Crippen LogP contribution in [0.25, 0.3) is 16.5 Å². The third kappa shape index (κ3) is 1.98. The van der Waals surface area contributed by atoms with E-state index >= 15 is 0 Å². The molecule has 92 valence electrons. The molecule has 0 atom stereocenters. The summed E-state index contributed by atoms with van der Waals surface area (Å²) in [7, 11) is 0. The van der Waals surface area contributed by atoms with Crippen LogP contribution in [0.2, 0.25) is 0 Å². The summed E-state index contributed by atoms with van der Waals surface area (Å²) in [5, 5.41) is 9.72. The van der Waals surface area contributed by atoms with Crippen LogP contribution in [0.5, 0.6) is 0 Å². The van der Waals surface area contributed by atoms with Crippen LogP contribution in [-0.4, -0.2) is 21.7 Å². The minimum Gasteiger partial charge on any atom is -0.478 e. The lowest BCUT2D eigenvalue weighted by atomic mass is 10.1. The second kappa shape index (κ2) is 4.37. The summed E-state index contributed by atoms with van der Waals surface area (Å²) in [5.41, 5.74) is 3.82. The summed E-state index contributed by atoms with van der Waals surface area (Å²) in [6, 6.07) is 7.20. The molecule has 0 fully saturated rings. The van der Waals surface area contributed by atoms with Crippen LogP contribution in [0.15, 0.2) is 37.0 Å². The van der Waals surface area contributed by atoms with E-state index in [1.165, 1.54) is 11.6 Å². The number of aromatic nitrogens is 1. The van der Waals surface area contributed by atoms with Gasteiger partial charge in [-0.25, -0.2) is 4.79 Å². The number of benzene rings is 1. The highest BCUT2D eigenvalue weighted by Gasteiger charge is 2.15. The minimum absolute atomic E-state index is 0.00435. The van der Waals surface area contributed by atoms with Gasteiger partial charge in [-0.3, -0.25) is 14.9 Å². The number of carbonyl (C=O) groups excluding carboxylic acids is 1. The molecule has 1 heterocycles. The molecule has 2 aromatic rings. The lowest BCUT2D eigenvalue weighted by Crippen LogP contribution is -2.18. The molecule has 1 aromatic carbocycles. The van der Waals surface area contributed by atoms with Gasteiger partial charge in [0.25, 0.3) is 0 Å². The Morgan fingerprint density at radius 3 is 2.61 bits per heavy atom. The lowest BCUT2D eigenvalue weighted by molar-refractivity contribution is -0.130. The van der Waals surface area contributed by atoms with Crippen molar-refractivity contribution in [3.8, 4) is 0 Å². The normalized spacial score (nSPS) is 10.3. The molecule has 2 rings (SSSR count). The SMILES string of the molecule is C=C(C(=O)O)c1cn(NC(C)=O)c2ccccc12. The van der Waals surface area contributed by atoms with E-state index in [0.29, 0.717) is 5.56 Å². The van der Waals surface area contributed by atoms with Crippen molar-refractivity contribution in [1.29, 1.82) is 0 Å². The Balaban J connectivity index is 2.64. The van der Waals surface area contributed by atoms with E-state index in [4.69, 9.17) is 5.11 Å². The van der Waals surface area contributed by atoms with E-state index in [2.05, 4.69) is 12.0 Å². The first-order valence-electron chi connectivity index (χ1n) is 5.31. The number of rotatable bonds is 3. The van der Waals surface area contributed by atoms with Crippen molar-refractivity contribution in [3.05, 3.63) is 42.6 Å². The smallest absolute Gasteiger partial charge is 0.335 e. The molecule has 0 aliphatic rings. The first-order valence-corrected chi connectivity index (χ1v) is 5.31. The van der Waals surface area contributed by atoms with Crippen molar-refractivity contribution in [2.45, 2.75) is 6.92 Å². The topological polar surface area (TPSA) is 71.3 Å². The van der Waals surface area contributed by atoms with Gasteiger partial charge in [-0.1, -0.05) is 24.8 Å². The number of carbonyl (C=O) groups is 2. The largest absolute Gasteiger partial charge is 0.478 e. The summed E-state index contributed by atoms with van der Waals surface area (Å²) in [6.45, 7) is 4.93. The molecule has 0 spiro atoms. The zero-order valence-corrected chi connectivity index (χ0v) is 9.80. The van der Waals surface area contributed by atoms with E-state index in [-0.39, 0.29) is 11.5 Å². The third-order valence-corrected chi connectivity index (χ3v) is 2.57. The Bertz CT molecular complexity index is 655. The molecule has 5 heteroatoms. The quantitative estimate of drug-likeness (QED) is 0.809. The van der Waals surface area contributed by atoms with E-state index in [9.17, 15) is 9.59 Å². The second-order valence-corrected chi connectivity index (χ2v) is 3.88. The van der Waals surface area contributed by atoms with Gasteiger partial charge in [0.15, 0.2) is 0 Å².